The number of imide groups is 1. The number of halogens is 1. The van der Waals surface area contributed by atoms with Gasteiger partial charge >= 0.3 is 11.9 Å². The molecule has 3 rings (SSSR count). The van der Waals surface area contributed by atoms with Crippen LogP contribution in [0.2, 0.25) is 5.02 Å². The number of urea groups is 1. The number of benzene rings is 1. The maximum absolute atomic E-state index is 13.0. The molecular weight excluding hydrogens is 338 g/mol. The van der Waals surface area contributed by atoms with Gasteiger partial charge in [0.1, 0.15) is 12.8 Å². The van der Waals surface area contributed by atoms with Crippen LogP contribution >= 0.6 is 11.6 Å². The van der Waals surface area contributed by atoms with Gasteiger partial charge in [0.2, 0.25) is 0 Å². The van der Waals surface area contributed by atoms with E-state index in [0.29, 0.717) is 29.9 Å². The molecule has 1 aromatic carbocycles. The number of hydrogen-bond donors (Lipinski definition) is 0. The number of rotatable bonds is 5. The Hall–Kier alpha value is -2.27. The van der Waals surface area contributed by atoms with E-state index in [-0.39, 0.29) is 11.9 Å². The molecule has 2 aliphatic heterocycles. The van der Waals surface area contributed by atoms with Gasteiger partial charge in [0.15, 0.2) is 5.92 Å². The van der Waals surface area contributed by atoms with Crippen molar-refractivity contribution in [3.63, 3.8) is 0 Å². The summed E-state index contributed by atoms with van der Waals surface area (Å²) in [5.74, 6) is 0.155. The number of hydrogen-bond acceptors (Lipinski definition) is 3. The average molecular weight is 359 g/mol. The fraction of sp³-hybridized carbons (Fsp3) is 0.368. The summed E-state index contributed by atoms with van der Waals surface area (Å²) in [6, 6.07) is 7.06. The molecule has 5 nitrogen and oxygen atoms in total. The van der Waals surface area contributed by atoms with Crippen LogP contribution in [0.5, 0.6) is 0 Å². The summed E-state index contributed by atoms with van der Waals surface area (Å²) in [5.41, 5.74) is 0.826. The first kappa shape index (κ1) is 17.5. The number of amides is 3. The lowest BCUT2D eigenvalue weighted by Crippen LogP contribution is -2.54. The van der Waals surface area contributed by atoms with Crippen LogP contribution in [0.1, 0.15) is 25.8 Å². The summed E-state index contributed by atoms with van der Waals surface area (Å²) in [7, 11) is 0. The zero-order valence-electron chi connectivity index (χ0n) is 14.4. The van der Waals surface area contributed by atoms with Crippen LogP contribution in [0.4, 0.5) is 4.79 Å². The van der Waals surface area contributed by atoms with Gasteiger partial charge < -0.3 is 0 Å². The van der Waals surface area contributed by atoms with Gasteiger partial charge in [-0.15, -0.1) is 4.99 Å². The summed E-state index contributed by atoms with van der Waals surface area (Å²) in [6.45, 7) is 4.85. The fourth-order valence-electron chi connectivity index (χ4n) is 2.92. The van der Waals surface area contributed by atoms with E-state index >= 15 is 0 Å². The Labute approximate surface area is 152 Å². The standard InChI is InChI=1S/C19H21ClN3O2/c1-13(2)9-11-22-18(24)15-7-5-10-21-17(15)23(19(22)25)12-14-6-3-4-8-16(14)20/h3-8,10,13,15H,9,11-12H2,1-2H3/q+1. The third-order valence-electron chi connectivity index (χ3n) is 4.36. The first-order chi connectivity index (χ1) is 12.0. The van der Waals surface area contributed by atoms with Crippen LogP contribution in [-0.2, 0) is 11.3 Å². The first-order valence-corrected chi connectivity index (χ1v) is 8.81. The Balaban J connectivity index is 1.99. The summed E-state index contributed by atoms with van der Waals surface area (Å²) in [5, 5.41) is 0.591. The highest BCUT2D eigenvalue weighted by atomic mass is 35.5. The molecule has 1 atom stereocenters. The van der Waals surface area contributed by atoms with Gasteiger partial charge in [-0.2, -0.15) is 9.48 Å². The second kappa shape index (κ2) is 7.31. The second-order valence-corrected chi connectivity index (χ2v) is 7.04. The van der Waals surface area contributed by atoms with Crippen LogP contribution in [-0.4, -0.2) is 40.0 Å². The highest BCUT2D eigenvalue weighted by Gasteiger charge is 2.46. The van der Waals surface area contributed by atoms with Crippen LogP contribution < -0.4 is 0 Å². The number of fused-ring (bicyclic) bond motifs is 1. The lowest BCUT2D eigenvalue weighted by Gasteiger charge is -2.27. The van der Waals surface area contributed by atoms with Crippen molar-refractivity contribution >= 4 is 35.6 Å². The highest BCUT2D eigenvalue weighted by molar-refractivity contribution is 6.31. The predicted octanol–water partition coefficient (Wildman–Crippen LogP) is 3.52. The number of aliphatic imine (C=N–C) groups is 1. The first-order valence-electron chi connectivity index (χ1n) is 8.43. The summed E-state index contributed by atoms with van der Waals surface area (Å²) < 4.78 is 1.56. The maximum Gasteiger partial charge on any atom is 0.446 e. The van der Waals surface area contributed by atoms with E-state index in [1.165, 1.54) is 4.90 Å². The zero-order chi connectivity index (χ0) is 18.0. The van der Waals surface area contributed by atoms with Crippen molar-refractivity contribution < 1.29 is 14.2 Å². The van der Waals surface area contributed by atoms with Gasteiger partial charge in [-0.05, 0) is 24.5 Å². The Bertz CT molecular complexity index is 796. The van der Waals surface area contributed by atoms with E-state index < -0.39 is 5.92 Å². The molecule has 1 aromatic rings. The molecule has 0 bridgehead atoms. The van der Waals surface area contributed by atoms with E-state index in [1.54, 1.807) is 29.0 Å². The number of allylic oxidation sites excluding steroid dienone is 1. The molecule has 0 saturated carbocycles. The number of dihydropyridines is 1. The minimum atomic E-state index is -0.516. The summed E-state index contributed by atoms with van der Waals surface area (Å²) >= 11 is 6.25. The van der Waals surface area contributed by atoms with E-state index in [9.17, 15) is 9.59 Å². The van der Waals surface area contributed by atoms with Crippen molar-refractivity contribution in [2.24, 2.45) is 16.8 Å². The van der Waals surface area contributed by atoms with Crippen LogP contribution in [0.3, 0.4) is 0 Å². The van der Waals surface area contributed by atoms with E-state index in [4.69, 9.17) is 11.6 Å². The molecule has 0 spiro atoms. The monoisotopic (exact) mass is 358 g/mol. The van der Waals surface area contributed by atoms with E-state index in [1.807, 2.05) is 18.2 Å². The van der Waals surface area contributed by atoms with Gasteiger partial charge in [0.25, 0.3) is 5.84 Å². The van der Waals surface area contributed by atoms with E-state index in [0.717, 1.165) is 12.0 Å². The molecule has 2 aliphatic rings. The fourth-order valence-corrected chi connectivity index (χ4v) is 3.12. The van der Waals surface area contributed by atoms with Crippen LogP contribution in [0.25, 0.3) is 0 Å². The van der Waals surface area contributed by atoms with Crippen molar-refractivity contribution in [3.8, 4) is 0 Å². The molecule has 2 heterocycles. The molecule has 3 amide bonds. The largest absolute Gasteiger partial charge is 0.446 e. The topological polar surface area (TPSA) is 52.8 Å². The van der Waals surface area contributed by atoms with Gasteiger partial charge in [0.05, 0.1) is 6.54 Å². The quantitative estimate of drug-likeness (QED) is 0.756. The molecule has 0 fully saturated rings. The molecule has 0 aromatic heterocycles. The van der Waals surface area contributed by atoms with Gasteiger partial charge in [0, 0.05) is 10.6 Å². The molecule has 0 saturated heterocycles. The maximum atomic E-state index is 13.0. The van der Waals surface area contributed by atoms with E-state index in [2.05, 4.69) is 18.8 Å². The lowest BCUT2D eigenvalue weighted by atomic mass is 10.0. The van der Waals surface area contributed by atoms with Crippen molar-refractivity contribution in [3.05, 3.63) is 47.0 Å². The normalized spacial score (nSPS) is 19.8. The van der Waals surface area contributed by atoms with Crippen molar-refractivity contribution in [1.29, 1.82) is 0 Å². The van der Waals surface area contributed by atoms with Crippen molar-refractivity contribution in [2.75, 3.05) is 6.54 Å². The Kier molecular flexibility index (Phi) is 5.13. The van der Waals surface area contributed by atoms with Crippen LogP contribution in [0.15, 0.2) is 41.4 Å². The minimum absolute atomic E-state index is 0.204. The lowest BCUT2D eigenvalue weighted by molar-refractivity contribution is -0.458. The highest BCUT2D eigenvalue weighted by Crippen LogP contribution is 2.23. The SMILES string of the molecule is CC(C)CCN1C(=O)C2C=CC=NC2=[N+](Cc2ccccc2Cl)C1=O. The zero-order valence-corrected chi connectivity index (χ0v) is 15.1. The predicted molar refractivity (Wildman–Crippen MR) is 98.1 cm³/mol. The summed E-state index contributed by atoms with van der Waals surface area (Å²) in [6.07, 6.45) is 5.91. The number of carbonyl (C=O) groups is 2. The smallest absolute Gasteiger partial charge is 0.255 e. The Morgan fingerprint density at radius 3 is 2.76 bits per heavy atom. The molecule has 0 radical (unpaired) electrons. The Morgan fingerprint density at radius 2 is 2.04 bits per heavy atom. The second-order valence-electron chi connectivity index (χ2n) is 6.63. The molecule has 1 unspecified atom stereocenters. The minimum Gasteiger partial charge on any atom is -0.255 e. The Morgan fingerprint density at radius 1 is 1.28 bits per heavy atom. The third kappa shape index (κ3) is 3.56. The van der Waals surface area contributed by atoms with Gasteiger partial charge in [-0.3, -0.25) is 4.79 Å². The molecule has 0 aliphatic carbocycles. The molecular formula is C19H21ClN3O2+. The average Bonchev–Trinajstić information content (AvgIpc) is 2.60. The molecule has 25 heavy (non-hydrogen) atoms. The van der Waals surface area contributed by atoms with Crippen molar-refractivity contribution in [2.45, 2.75) is 26.8 Å². The van der Waals surface area contributed by atoms with Gasteiger partial charge in [-0.25, -0.2) is 4.79 Å². The van der Waals surface area contributed by atoms with Crippen molar-refractivity contribution in [1.82, 2.24) is 4.90 Å². The number of amidine groups is 1. The molecule has 130 valence electrons. The summed E-state index contributed by atoms with van der Waals surface area (Å²) in [4.78, 5) is 31.4. The third-order valence-corrected chi connectivity index (χ3v) is 4.73. The molecule has 0 N–H and O–H groups in total. The number of nitrogens with zero attached hydrogens (tertiary/aromatic N) is 3. The number of carbonyl (C=O) groups excluding carboxylic acids is 2. The van der Waals surface area contributed by atoms with Gasteiger partial charge in [-0.1, -0.05) is 49.7 Å². The van der Waals surface area contributed by atoms with Crippen LogP contribution in [0, 0.1) is 11.8 Å². The molecule has 6 heteroatoms.